The van der Waals surface area contributed by atoms with Crippen LogP contribution in [0.5, 0.6) is 0 Å². The first kappa shape index (κ1) is 12.0. The van der Waals surface area contributed by atoms with Gasteiger partial charge in [0.05, 0.1) is 6.10 Å². The largest absolute Gasteiger partial charge is 0.378 e. The van der Waals surface area contributed by atoms with Crippen LogP contribution in [0.4, 0.5) is 0 Å². The molecule has 0 amide bonds. The Morgan fingerprint density at radius 3 is 2.79 bits per heavy atom. The van der Waals surface area contributed by atoms with E-state index in [0.717, 1.165) is 19.4 Å². The van der Waals surface area contributed by atoms with E-state index in [2.05, 4.69) is 13.8 Å². The highest BCUT2D eigenvalue weighted by Gasteiger charge is 2.19. The van der Waals surface area contributed by atoms with Crippen LogP contribution in [-0.2, 0) is 4.74 Å². The average molecular weight is 199 g/mol. The molecule has 2 nitrogen and oxygen atoms in total. The summed E-state index contributed by atoms with van der Waals surface area (Å²) in [6.07, 6.45) is 8.93. The Hall–Kier alpha value is -0.0800. The van der Waals surface area contributed by atoms with Crippen LogP contribution in [0.15, 0.2) is 0 Å². The quantitative estimate of drug-likeness (QED) is 0.714. The summed E-state index contributed by atoms with van der Waals surface area (Å²) < 4.78 is 5.59. The van der Waals surface area contributed by atoms with Crippen molar-refractivity contribution in [1.29, 1.82) is 0 Å². The van der Waals surface area contributed by atoms with Crippen LogP contribution in [0.25, 0.3) is 0 Å². The summed E-state index contributed by atoms with van der Waals surface area (Å²) in [5.41, 5.74) is 6.22. The highest BCUT2D eigenvalue weighted by molar-refractivity contribution is 4.78. The molecule has 2 N–H and O–H groups in total. The summed E-state index contributed by atoms with van der Waals surface area (Å²) >= 11 is 0. The Morgan fingerprint density at radius 2 is 2.21 bits per heavy atom. The summed E-state index contributed by atoms with van der Waals surface area (Å²) in [7, 11) is 0. The molecule has 0 aromatic carbocycles. The van der Waals surface area contributed by atoms with E-state index < -0.39 is 0 Å². The second-order valence-electron chi connectivity index (χ2n) is 4.93. The minimum absolute atomic E-state index is 0.0490. The molecule has 2 atom stereocenters. The van der Waals surface area contributed by atoms with Crippen LogP contribution in [-0.4, -0.2) is 18.2 Å². The molecule has 0 saturated carbocycles. The molecule has 0 aromatic heterocycles. The molecule has 0 bridgehead atoms. The summed E-state index contributed by atoms with van der Waals surface area (Å²) in [6, 6.07) is 0. The third-order valence-electron chi connectivity index (χ3n) is 3.12. The smallest absolute Gasteiger partial charge is 0.0576 e. The van der Waals surface area contributed by atoms with Crippen LogP contribution >= 0.6 is 0 Å². The zero-order chi connectivity index (χ0) is 10.4. The van der Waals surface area contributed by atoms with Crippen molar-refractivity contribution in [2.45, 2.75) is 70.4 Å². The highest BCUT2D eigenvalue weighted by Crippen LogP contribution is 2.21. The lowest BCUT2D eigenvalue weighted by molar-refractivity contribution is 0.100. The van der Waals surface area contributed by atoms with Crippen molar-refractivity contribution in [2.24, 2.45) is 5.73 Å². The van der Waals surface area contributed by atoms with Crippen molar-refractivity contribution in [3.63, 3.8) is 0 Å². The fraction of sp³-hybridized carbons (Fsp3) is 1.00. The zero-order valence-electron chi connectivity index (χ0n) is 9.72. The first-order valence-electron chi connectivity index (χ1n) is 6.04. The van der Waals surface area contributed by atoms with Crippen molar-refractivity contribution < 1.29 is 4.74 Å². The van der Waals surface area contributed by atoms with E-state index in [0.29, 0.717) is 6.10 Å². The van der Waals surface area contributed by atoms with Crippen LogP contribution < -0.4 is 5.73 Å². The van der Waals surface area contributed by atoms with Gasteiger partial charge in [-0.25, -0.2) is 0 Å². The first-order chi connectivity index (χ1) is 6.64. The van der Waals surface area contributed by atoms with E-state index in [-0.39, 0.29) is 5.54 Å². The molecular formula is C12H25NO. The monoisotopic (exact) mass is 199 g/mol. The van der Waals surface area contributed by atoms with Crippen molar-refractivity contribution in [2.75, 3.05) is 6.61 Å². The molecule has 2 heteroatoms. The summed E-state index contributed by atoms with van der Waals surface area (Å²) in [5.74, 6) is 0. The molecule has 0 aliphatic carbocycles. The zero-order valence-corrected chi connectivity index (χ0v) is 9.72. The van der Waals surface area contributed by atoms with Crippen LogP contribution in [0.3, 0.4) is 0 Å². The van der Waals surface area contributed by atoms with Gasteiger partial charge in [-0.1, -0.05) is 13.3 Å². The average Bonchev–Trinajstić information content (AvgIpc) is 2.56. The summed E-state index contributed by atoms with van der Waals surface area (Å²) in [6.45, 7) is 5.34. The highest BCUT2D eigenvalue weighted by atomic mass is 16.5. The van der Waals surface area contributed by atoms with Gasteiger partial charge in [0.25, 0.3) is 0 Å². The van der Waals surface area contributed by atoms with E-state index in [1.165, 1.54) is 32.1 Å². The number of ether oxygens (including phenoxy) is 1. The molecule has 0 radical (unpaired) electrons. The first-order valence-corrected chi connectivity index (χ1v) is 6.04. The van der Waals surface area contributed by atoms with Gasteiger partial charge in [-0.3, -0.25) is 0 Å². The molecule has 0 aromatic rings. The minimum Gasteiger partial charge on any atom is -0.378 e. The normalized spacial score (nSPS) is 26.4. The van der Waals surface area contributed by atoms with Gasteiger partial charge in [0.1, 0.15) is 0 Å². The molecule has 1 fully saturated rings. The molecular weight excluding hydrogens is 174 g/mol. The lowest BCUT2D eigenvalue weighted by Gasteiger charge is -2.24. The predicted octanol–water partition coefficient (Wildman–Crippen LogP) is 2.85. The molecule has 14 heavy (non-hydrogen) atoms. The van der Waals surface area contributed by atoms with E-state index >= 15 is 0 Å². The third-order valence-corrected chi connectivity index (χ3v) is 3.12. The van der Waals surface area contributed by atoms with Gasteiger partial charge in [0.2, 0.25) is 0 Å². The van der Waals surface area contributed by atoms with Crippen molar-refractivity contribution in [3.05, 3.63) is 0 Å². The Kier molecular flexibility index (Phi) is 4.90. The number of nitrogens with two attached hydrogens (primary N) is 1. The fourth-order valence-corrected chi connectivity index (χ4v) is 2.30. The second-order valence-corrected chi connectivity index (χ2v) is 4.93. The molecule has 2 unspecified atom stereocenters. The lowest BCUT2D eigenvalue weighted by Crippen LogP contribution is -2.35. The van der Waals surface area contributed by atoms with Gasteiger partial charge in [0, 0.05) is 12.1 Å². The van der Waals surface area contributed by atoms with Crippen LogP contribution in [0, 0.1) is 0 Å². The fourth-order valence-electron chi connectivity index (χ4n) is 2.30. The van der Waals surface area contributed by atoms with Crippen molar-refractivity contribution in [3.8, 4) is 0 Å². The predicted molar refractivity (Wildman–Crippen MR) is 60.3 cm³/mol. The summed E-state index contributed by atoms with van der Waals surface area (Å²) in [4.78, 5) is 0. The van der Waals surface area contributed by atoms with Gasteiger partial charge < -0.3 is 10.5 Å². The maximum atomic E-state index is 6.17. The van der Waals surface area contributed by atoms with E-state index in [9.17, 15) is 0 Å². The third kappa shape index (κ3) is 4.43. The molecule has 1 rings (SSSR count). The molecule has 1 aliphatic rings. The Bertz CT molecular complexity index is 150. The van der Waals surface area contributed by atoms with Gasteiger partial charge in [0.15, 0.2) is 0 Å². The Labute approximate surface area is 88.2 Å². The minimum atomic E-state index is 0.0490. The Morgan fingerprint density at radius 1 is 1.43 bits per heavy atom. The number of hydrogen-bond donors (Lipinski definition) is 1. The van der Waals surface area contributed by atoms with E-state index in [1.807, 2.05) is 0 Å². The van der Waals surface area contributed by atoms with Gasteiger partial charge >= 0.3 is 0 Å². The molecule has 84 valence electrons. The van der Waals surface area contributed by atoms with Crippen molar-refractivity contribution >= 4 is 0 Å². The standard InChI is InChI=1S/C12H25NO/c1-3-8-12(2,13)9-4-6-11-7-5-10-14-11/h11H,3-10,13H2,1-2H3. The van der Waals surface area contributed by atoms with Crippen LogP contribution in [0.2, 0.25) is 0 Å². The number of rotatable bonds is 6. The van der Waals surface area contributed by atoms with Gasteiger partial charge in [-0.2, -0.15) is 0 Å². The van der Waals surface area contributed by atoms with E-state index in [4.69, 9.17) is 10.5 Å². The second kappa shape index (κ2) is 5.72. The topological polar surface area (TPSA) is 35.2 Å². The molecule has 1 heterocycles. The summed E-state index contributed by atoms with van der Waals surface area (Å²) in [5, 5.41) is 0. The molecule has 1 saturated heterocycles. The van der Waals surface area contributed by atoms with Crippen LogP contribution in [0.1, 0.15) is 58.8 Å². The van der Waals surface area contributed by atoms with Gasteiger partial charge in [-0.05, 0) is 45.4 Å². The van der Waals surface area contributed by atoms with E-state index in [1.54, 1.807) is 0 Å². The molecule has 1 aliphatic heterocycles. The SMILES string of the molecule is CCCC(C)(N)CCCC1CCCO1. The lowest BCUT2D eigenvalue weighted by atomic mass is 9.90. The Balaban J connectivity index is 2.07. The number of hydrogen-bond acceptors (Lipinski definition) is 2. The maximum Gasteiger partial charge on any atom is 0.0576 e. The maximum absolute atomic E-state index is 6.17. The van der Waals surface area contributed by atoms with Gasteiger partial charge in [-0.15, -0.1) is 0 Å². The van der Waals surface area contributed by atoms with Crippen molar-refractivity contribution in [1.82, 2.24) is 0 Å². The molecule has 0 spiro atoms.